The molecular weight excluding hydrogens is 429 g/mol. The first-order chi connectivity index (χ1) is 15.7. The summed E-state index contributed by atoms with van der Waals surface area (Å²) in [6.07, 6.45) is -3.51. The zero-order valence-corrected chi connectivity index (χ0v) is 18.6. The summed E-state index contributed by atoms with van der Waals surface area (Å²) in [5.74, 6) is 1.33. The van der Waals surface area contributed by atoms with Crippen LogP contribution >= 0.6 is 0 Å². The Bertz CT molecular complexity index is 1210. The number of aromatic nitrogens is 3. The minimum atomic E-state index is -4.39. The second-order valence-corrected chi connectivity index (χ2v) is 8.14. The summed E-state index contributed by atoms with van der Waals surface area (Å²) in [6.45, 7) is 8.44. The van der Waals surface area contributed by atoms with Crippen LogP contribution in [-0.4, -0.2) is 41.4 Å². The number of halogens is 3. The van der Waals surface area contributed by atoms with E-state index < -0.39 is 11.7 Å². The van der Waals surface area contributed by atoms with Crippen LogP contribution < -0.4 is 9.80 Å². The summed E-state index contributed by atoms with van der Waals surface area (Å²) < 4.78 is 38.3. The third-order valence-corrected chi connectivity index (χ3v) is 6.11. The molecule has 0 saturated carbocycles. The summed E-state index contributed by atoms with van der Waals surface area (Å²) >= 11 is 0. The number of nitrogens with zero attached hydrogens (tertiary/aromatic N) is 6. The molecule has 0 unspecified atom stereocenters. The number of hydrogen-bond acceptors (Lipinski definition) is 6. The average molecular weight is 452 g/mol. The number of hydrogen-bond donors (Lipinski definition) is 0. The lowest BCUT2D eigenvalue weighted by atomic mass is 9.99. The van der Waals surface area contributed by atoms with Crippen molar-refractivity contribution in [1.82, 2.24) is 15.2 Å². The summed E-state index contributed by atoms with van der Waals surface area (Å²) in [5, 5.41) is 18.3. The zero-order valence-electron chi connectivity index (χ0n) is 18.6. The molecule has 170 valence electrons. The SMILES string of the molecule is Cc1ccc(-c2nnc(N3CCN(c4ccc(C(F)(F)F)cn4)CC3)c(C)c2C)cc1C#N. The van der Waals surface area contributed by atoms with E-state index in [-0.39, 0.29) is 0 Å². The molecule has 6 nitrogen and oxygen atoms in total. The van der Waals surface area contributed by atoms with Gasteiger partial charge >= 0.3 is 6.18 Å². The Morgan fingerprint density at radius 2 is 1.61 bits per heavy atom. The van der Waals surface area contributed by atoms with Crippen LogP contribution in [0.25, 0.3) is 11.3 Å². The molecule has 0 spiro atoms. The number of anilines is 2. The number of pyridine rings is 1. The number of rotatable bonds is 3. The van der Waals surface area contributed by atoms with E-state index >= 15 is 0 Å². The van der Waals surface area contributed by atoms with Crippen molar-refractivity contribution in [2.24, 2.45) is 0 Å². The number of nitriles is 1. The van der Waals surface area contributed by atoms with Gasteiger partial charge in [-0.25, -0.2) is 4.98 Å². The Morgan fingerprint density at radius 3 is 2.21 bits per heavy atom. The molecule has 1 aliphatic rings. The molecule has 0 radical (unpaired) electrons. The Morgan fingerprint density at radius 1 is 0.909 bits per heavy atom. The molecule has 1 aliphatic heterocycles. The van der Waals surface area contributed by atoms with E-state index in [0.717, 1.165) is 46.0 Å². The molecule has 0 bridgehead atoms. The van der Waals surface area contributed by atoms with Crippen LogP contribution in [0.4, 0.5) is 24.8 Å². The van der Waals surface area contributed by atoms with E-state index in [2.05, 4.69) is 26.2 Å². The molecule has 1 fully saturated rings. The topological polar surface area (TPSA) is 68.9 Å². The molecule has 33 heavy (non-hydrogen) atoms. The quantitative estimate of drug-likeness (QED) is 0.575. The van der Waals surface area contributed by atoms with Gasteiger partial charge in [0, 0.05) is 37.9 Å². The number of benzene rings is 1. The maximum Gasteiger partial charge on any atom is 0.417 e. The van der Waals surface area contributed by atoms with Crippen LogP contribution in [0.1, 0.15) is 27.8 Å². The molecule has 3 heterocycles. The van der Waals surface area contributed by atoms with Gasteiger partial charge in [-0.3, -0.25) is 0 Å². The van der Waals surface area contributed by atoms with Gasteiger partial charge < -0.3 is 9.80 Å². The van der Waals surface area contributed by atoms with Crippen LogP contribution in [-0.2, 0) is 6.18 Å². The fourth-order valence-electron chi connectivity index (χ4n) is 3.95. The van der Waals surface area contributed by atoms with Crippen LogP contribution in [0.2, 0.25) is 0 Å². The standard InChI is InChI=1S/C24H23F3N6/c1-15-4-5-18(12-19(15)13-28)22-16(2)17(3)23(31-30-22)33-10-8-32(9-11-33)21-7-6-20(14-29-21)24(25,26)27/h4-7,12,14H,8-11H2,1-3H3. The van der Waals surface area contributed by atoms with Crippen molar-refractivity contribution in [3.05, 3.63) is 64.3 Å². The van der Waals surface area contributed by atoms with Crippen molar-refractivity contribution in [3.8, 4) is 17.3 Å². The first-order valence-electron chi connectivity index (χ1n) is 10.6. The van der Waals surface area contributed by atoms with Gasteiger partial charge in [-0.05, 0) is 55.7 Å². The highest BCUT2D eigenvalue weighted by Crippen LogP contribution is 2.31. The minimum absolute atomic E-state index is 0.532. The zero-order chi connectivity index (χ0) is 23.8. The number of piperazine rings is 1. The normalized spacial score (nSPS) is 14.3. The predicted octanol–water partition coefficient (Wildman–Crippen LogP) is 4.68. The van der Waals surface area contributed by atoms with Crippen LogP contribution in [0.15, 0.2) is 36.5 Å². The molecule has 2 aromatic heterocycles. The molecule has 3 aromatic rings. The highest BCUT2D eigenvalue weighted by Gasteiger charge is 2.31. The predicted molar refractivity (Wildman–Crippen MR) is 120 cm³/mol. The second kappa shape index (κ2) is 8.70. The van der Waals surface area contributed by atoms with Gasteiger partial charge in [0.1, 0.15) is 5.82 Å². The lowest BCUT2D eigenvalue weighted by molar-refractivity contribution is -0.137. The lowest BCUT2D eigenvalue weighted by Crippen LogP contribution is -2.47. The van der Waals surface area contributed by atoms with E-state index in [1.165, 1.54) is 6.07 Å². The molecule has 1 aromatic carbocycles. The van der Waals surface area contributed by atoms with Crippen molar-refractivity contribution in [1.29, 1.82) is 5.26 Å². The highest BCUT2D eigenvalue weighted by molar-refractivity contribution is 5.69. The van der Waals surface area contributed by atoms with Crippen LogP contribution in [0.3, 0.4) is 0 Å². The Hall–Kier alpha value is -3.67. The van der Waals surface area contributed by atoms with Gasteiger partial charge in [0.2, 0.25) is 0 Å². The second-order valence-electron chi connectivity index (χ2n) is 8.14. The molecule has 4 rings (SSSR count). The smallest absolute Gasteiger partial charge is 0.353 e. The summed E-state index contributed by atoms with van der Waals surface area (Å²) in [5.41, 5.74) is 4.40. The minimum Gasteiger partial charge on any atom is -0.353 e. The average Bonchev–Trinajstić information content (AvgIpc) is 2.81. The van der Waals surface area contributed by atoms with Gasteiger partial charge in [-0.1, -0.05) is 12.1 Å². The third kappa shape index (κ3) is 4.46. The van der Waals surface area contributed by atoms with Gasteiger partial charge in [0.25, 0.3) is 0 Å². The maximum absolute atomic E-state index is 12.8. The fourth-order valence-corrected chi connectivity index (χ4v) is 3.95. The van der Waals surface area contributed by atoms with Crippen molar-refractivity contribution >= 4 is 11.6 Å². The number of aryl methyl sites for hydroxylation is 1. The van der Waals surface area contributed by atoms with Crippen molar-refractivity contribution < 1.29 is 13.2 Å². The van der Waals surface area contributed by atoms with Crippen molar-refractivity contribution in [2.45, 2.75) is 26.9 Å². The molecule has 0 amide bonds. The van der Waals surface area contributed by atoms with Crippen molar-refractivity contribution in [3.63, 3.8) is 0 Å². The van der Waals surface area contributed by atoms with Crippen molar-refractivity contribution in [2.75, 3.05) is 36.0 Å². The van der Waals surface area contributed by atoms with Gasteiger partial charge in [0.05, 0.1) is 22.9 Å². The van der Waals surface area contributed by atoms with E-state index in [0.29, 0.717) is 37.6 Å². The first-order valence-corrected chi connectivity index (χ1v) is 10.6. The molecule has 0 atom stereocenters. The summed E-state index contributed by atoms with van der Waals surface area (Å²) in [7, 11) is 0. The first kappa shape index (κ1) is 22.5. The molecular formula is C24H23F3N6. The molecule has 0 aliphatic carbocycles. The monoisotopic (exact) mass is 452 g/mol. The van der Waals surface area contributed by atoms with E-state index in [9.17, 15) is 18.4 Å². The lowest BCUT2D eigenvalue weighted by Gasteiger charge is -2.36. The number of alkyl halides is 3. The highest BCUT2D eigenvalue weighted by atomic mass is 19.4. The molecule has 0 N–H and O–H groups in total. The maximum atomic E-state index is 12.8. The molecule has 9 heteroatoms. The van der Waals surface area contributed by atoms with Gasteiger partial charge in [0.15, 0.2) is 5.82 Å². The van der Waals surface area contributed by atoms with E-state index in [1.807, 2.05) is 43.9 Å². The Kier molecular flexibility index (Phi) is 5.93. The summed E-state index contributed by atoms with van der Waals surface area (Å²) in [6, 6.07) is 10.4. The van der Waals surface area contributed by atoms with Gasteiger partial charge in [-0.2, -0.15) is 18.4 Å². The summed E-state index contributed by atoms with van der Waals surface area (Å²) in [4.78, 5) is 8.10. The van der Waals surface area contributed by atoms with E-state index in [1.54, 1.807) is 0 Å². The Balaban J connectivity index is 1.50. The largest absolute Gasteiger partial charge is 0.417 e. The fraction of sp³-hybridized carbons (Fsp3) is 0.333. The van der Waals surface area contributed by atoms with Crippen LogP contribution in [0, 0.1) is 32.1 Å². The van der Waals surface area contributed by atoms with Crippen LogP contribution in [0.5, 0.6) is 0 Å². The van der Waals surface area contributed by atoms with E-state index in [4.69, 9.17) is 0 Å². The van der Waals surface area contributed by atoms with Gasteiger partial charge in [-0.15, -0.1) is 10.2 Å². The third-order valence-electron chi connectivity index (χ3n) is 6.11. The molecule has 1 saturated heterocycles. The Labute approximate surface area is 190 Å².